The molecule has 0 aromatic heterocycles. The van der Waals surface area contributed by atoms with Crippen molar-refractivity contribution in [1.29, 1.82) is 0 Å². The van der Waals surface area contributed by atoms with Gasteiger partial charge in [0.1, 0.15) is 5.82 Å². The van der Waals surface area contributed by atoms with Crippen molar-refractivity contribution in [1.82, 2.24) is 4.31 Å². The molecule has 0 fully saturated rings. The summed E-state index contributed by atoms with van der Waals surface area (Å²) in [6, 6.07) is 15.1. The summed E-state index contributed by atoms with van der Waals surface area (Å²) in [5, 5.41) is 2.23. The van der Waals surface area contributed by atoms with Gasteiger partial charge in [0.2, 0.25) is 15.9 Å². The molecule has 0 saturated carbocycles. The molecular weight excluding hydrogens is 472 g/mol. The van der Waals surface area contributed by atoms with Gasteiger partial charge in [0, 0.05) is 12.2 Å². The molecule has 10 heteroatoms. The van der Waals surface area contributed by atoms with Crippen molar-refractivity contribution in [3.8, 4) is 0 Å². The molecule has 3 aromatic carbocycles. The van der Waals surface area contributed by atoms with Crippen LogP contribution in [0, 0.1) is 19.7 Å². The highest BCUT2D eigenvalue weighted by Gasteiger charge is 2.34. The van der Waals surface area contributed by atoms with E-state index >= 15 is 0 Å². The maximum atomic E-state index is 13.5. The monoisotopic (exact) mass is 494 g/mol. The van der Waals surface area contributed by atoms with E-state index < -0.39 is 40.0 Å². The van der Waals surface area contributed by atoms with Gasteiger partial charge >= 0.3 is 6.18 Å². The Morgan fingerprint density at radius 3 is 2.03 bits per heavy atom. The molecule has 0 unspecified atom stereocenters. The number of carbonyl (C=O) groups is 1. The largest absolute Gasteiger partial charge is 0.419 e. The van der Waals surface area contributed by atoms with Crippen LogP contribution in [0.2, 0.25) is 0 Å². The Morgan fingerprint density at radius 2 is 1.47 bits per heavy atom. The van der Waals surface area contributed by atoms with Crippen LogP contribution < -0.4 is 5.32 Å². The topological polar surface area (TPSA) is 66.5 Å². The molecule has 3 rings (SSSR count). The van der Waals surface area contributed by atoms with E-state index in [0.29, 0.717) is 17.7 Å². The van der Waals surface area contributed by atoms with Gasteiger partial charge < -0.3 is 5.32 Å². The Balaban J connectivity index is 1.88. The predicted octanol–water partition coefficient (Wildman–Crippen LogP) is 5.29. The summed E-state index contributed by atoms with van der Waals surface area (Å²) in [4.78, 5) is 12.6. The van der Waals surface area contributed by atoms with Gasteiger partial charge in [0.25, 0.3) is 0 Å². The van der Waals surface area contributed by atoms with Gasteiger partial charge in [-0.2, -0.15) is 17.5 Å². The van der Waals surface area contributed by atoms with Crippen LogP contribution in [-0.2, 0) is 27.5 Å². The second-order valence-corrected chi connectivity index (χ2v) is 9.75. The van der Waals surface area contributed by atoms with E-state index in [1.807, 2.05) is 6.92 Å². The lowest BCUT2D eigenvalue weighted by Crippen LogP contribution is -2.37. The van der Waals surface area contributed by atoms with Crippen LogP contribution in [0.25, 0.3) is 0 Å². The molecule has 0 heterocycles. The Labute approximate surface area is 195 Å². The second kappa shape index (κ2) is 9.94. The average Bonchev–Trinajstić information content (AvgIpc) is 2.75. The minimum atomic E-state index is -4.95. The van der Waals surface area contributed by atoms with E-state index in [0.717, 1.165) is 21.5 Å². The SMILES string of the molecule is Cc1ccc(CN(CC(=O)Nc2ccc(F)c(C(F)(F)F)c2)S(=O)(=O)c2ccc(C)cc2)cc1. The first-order valence-corrected chi connectivity index (χ1v) is 11.6. The summed E-state index contributed by atoms with van der Waals surface area (Å²) in [7, 11) is -4.12. The zero-order valence-electron chi connectivity index (χ0n) is 18.4. The summed E-state index contributed by atoms with van der Waals surface area (Å²) in [5.41, 5.74) is 0.593. The van der Waals surface area contributed by atoms with E-state index in [1.165, 1.54) is 12.1 Å². The van der Waals surface area contributed by atoms with Gasteiger partial charge in [0.05, 0.1) is 17.0 Å². The van der Waals surface area contributed by atoms with Crippen molar-refractivity contribution < 1.29 is 30.8 Å². The van der Waals surface area contributed by atoms with Crippen molar-refractivity contribution in [2.24, 2.45) is 0 Å². The summed E-state index contributed by atoms with van der Waals surface area (Å²) in [6.07, 6.45) is -4.95. The molecule has 0 aliphatic carbocycles. The highest BCUT2D eigenvalue weighted by molar-refractivity contribution is 7.89. The van der Waals surface area contributed by atoms with Crippen molar-refractivity contribution >= 4 is 21.6 Å². The smallest absolute Gasteiger partial charge is 0.325 e. The molecule has 180 valence electrons. The van der Waals surface area contributed by atoms with Crippen LogP contribution in [-0.4, -0.2) is 25.2 Å². The number of nitrogens with one attached hydrogen (secondary N) is 1. The lowest BCUT2D eigenvalue weighted by Gasteiger charge is -2.22. The van der Waals surface area contributed by atoms with Crippen LogP contribution in [0.1, 0.15) is 22.3 Å². The van der Waals surface area contributed by atoms with Gasteiger partial charge in [-0.25, -0.2) is 12.8 Å². The first kappa shape index (κ1) is 25.4. The molecule has 3 aromatic rings. The fraction of sp³-hybridized carbons (Fsp3) is 0.208. The number of rotatable bonds is 7. The quantitative estimate of drug-likeness (QED) is 0.454. The number of hydrogen-bond donors (Lipinski definition) is 1. The lowest BCUT2D eigenvalue weighted by molar-refractivity contribution is -0.140. The fourth-order valence-corrected chi connectivity index (χ4v) is 4.55. The van der Waals surface area contributed by atoms with E-state index in [-0.39, 0.29) is 17.1 Å². The average molecular weight is 495 g/mol. The lowest BCUT2D eigenvalue weighted by atomic mass is 10.1. The first-order chi connectivity index (χ1) is 15.9. The summed E-state index contributed by atoms with van der Waals surface area (Å²) >= 11 is 0. The molecule has 0 radical (unpaired) electrons. The number of benzene rings is 3. The highest BCUT2D eigenvalue weighted by Crippen LogP contribution is 2.33. The first-order valence-electron chi connectivity index (χ1n) is 10.2. The molecule has 0 saturated heterocycles. The molecule has 0 bridgehead atoms. The number of hydrogen-bond acceptors (Lipinski definition) is 3. The second-order valence-electron chi connectivity index (χ2n) is 7.81. The zero-order chi connectivity index (χ0) is 25.1. The normalized spacial score (nSPS) is 12.1. The van der Waals surface area contributed by atoms with Crippen LogP contribution in [0.3, 0.4) is 0 Å². The molecular formula is C24H22F4N2O3S. The molecule has 34 heavy (non-hydrogen) atoms. The number of nitrogens with zero attached hydrogens (tertiary/aromatic N) is 1. The third kappa shape index (κ3) is 6.21. The zero-order valence-corrected chi connectivity index (χ0v) is 19.2. The predicted molar refractivity (Wildman–Crippen MR) is 120 cm³/mol. The van der Waals surface area contributed by atoms with Gasteiger partial charge in [-0.05, 0) is 49.7 Å². The van der Waals surface area contributed by atoms with Crippen molar-refractivity contribution in [3.63, 3.8) is 0 Å². The minimum Gasteiger partial charge on any atom is -0.325 e. The highest BCUT2D eigenvalue weighted by atomic mass is 32.2. The van der Waals surface area contributed by atoms with Gasteiger partial charge in [-0.15, -0.1) is 0 Å². The van der Waals surface area contributed by atoms with Crippen LogP contribution in [0.4, 0.5) is 23.2 Å². The van der Waals surface area contributed by atoms with E-state index in [4.69, 9.17) is 0 Å². The minimum absolute atomic E-state index is 0.0286. The third-order valence-corrected chi connectivity index (χ3v) is 6.82. The fourth-order valence-electron chi connectivity index (χ4n) is 3.16. The standard InChI is InChI=1S/C24H22F4N2O3S/c1-16-3-7-18(8-4-16)14-30(34(32,33)20-10-5-17(2)6-11-20)15-23(31)29-19-9-12-22(25)21(13-19)24(26,27)28/h3-13H,14-15H2,1-2H3,(H,29,31). The maximum absolute atomic E-state index is 13.5. The molecule has 1 N–H and O–H groups in total. The number of sulfonamides is 1. The molecule has 5 nitrogen and oxygen atoms in total. The Bertz CT molecular complexity index is 1270. The summed E-state index contributed by atoms with van der Waals surface area (Å²) < 4.78 is 80.0. The number of halogens is 4. The number of alkyl halides is 3. The third-order valence-electron chi connectivity index (χ3n) is 5.01. The number of carbonyl (C=O) groups excluding carboxylic acids is 1. The Morgan fingerprint density at radius 1 is 0.912 bits per heavy atom. The van der Waals surface area contributed by atoms with Gasteiger partial charge in [-0.1, -0.05) is 47.5 Å². The molecule has 0 aliphatic heterocycles. The number of aryl methyl sites for hydroxylation is 2. The van der Waals surface area contributed by atoms with Gasteiger partial charge in [0.15, 0.2) is 0 Å². The summed E-state index contributed by atoms with van der Waals surface area (Å²) in [5.74, 6) is -2.35. The molecule has 0 atom stereocenters. The molecule has 0 spiro atoms. The van der Waals surface area contributed by atoms with Crippen molar-refractivity contribution in [2.75, 3.05) is 11.9 Å². The van der Waals surface area contributed by atoms with Crippen LogP contribution in [0.5, 0.6) is 0 Å². The van der Waals surface area contributed by atoms with Gasteiger partial charge in [-0.3, -0.25) is 4.79 Å². The van der Waals surface area contributed by atoms with E-state index in [9.17, 15) is 30.8 Å². The van der Waals surface area contributed by atoms with Crippen LogP contribution >= 0.6 is 0 Å². The maximum Gasteiger partial charge on any atom is 0.419 e. The van der Waals surface area contributed by atoms with E-state index in [1.54, 1.807) is 43.3 Å². The van der Waals surface area contributed by atoms with Crippen molar-refractivity contribution in [2.45, 2.75) is 31.5 Å². The van der Waals surface area contributed by atoms with Crippen molar-refractivity contribution in [3.05, 3.63) is 94.8 Å². The number of amides is 1. The Hall–Kier alpha value is -3.24. The molecule has 1 amide bonds. The molecule has 0 aliphatic rings. The van der Waals surface area contributed by atoms with Crippen LogP contribution in [0.15, 0.2) is 71.6 Å². The number of anilines is 1. The summed E-state index contributed by atoms with van der Waals surface area (Å²) in [6.45, 7) is 2.87. The van der Waals surface area contributed by atoms with E-state index in [2.05, 4.69) is 5.32 Å². The Kier molecular flexibility index (Phi) is 7.42.